The highest BCUT2D eigenvalue weighted by Gasteiger charge is 2.25. The van der Waals surface area contributed by atoms with Crippen molar-refractivity contribution < 1.29 is 14.7 Å². The molecule has 8 nitrogen and oxygen atoms in total. The zero-order valence-electron chi connectivity index (χ0n) is 21.2. The maximum atomic E-state index is 13.5. The number of pyridine rings is 2. The van der Waals surface area contributed by atoms with E-state index in [0.29, 0.717) is 41.5 Å². The Morgan fingerprint density at radius 1 is 1.11 bits per heavy atom. The molecule has 0 aliphatic heterocycles. The van der Waals surface area contributed by atoms with E-state index in [0.717, 1.165) is 22.0 Å². The summed E-state index contributed by atoms with van der Waals surface area (Å²) in [5.74, 6) is -0.329. The minimum absolute atomic E-state index is 0.160. The number of rotatable bonds is 9. The van der Waals surface area contributed by atoms with Crippen LogP contribution in [-0.4, -0.2) is 43.9 Å². The molecule has 9 heteroatoms. The van der Waals surface area contributed by atoms with Gasteiger partial charge in [0, 0.05) is 35.3 Å². The first kappa shape index (κ1) is 25.6. The maximum absolute atomic E-state index is 13.5. The summed E-state index contributed by atoms with van der Waals surface area (Å²) in [6.45, 7) is 4.26. The van der Waals surface area contributed by atoms with Crippen LogP contribution in [0.4, 0.5) is 0 Å². The Hall–Kier alpha value is -4.08. The smallest absolute Gasteiger partial charge is 0.270 e. The van der Waals surface area contributed by atoms with Gasteiger partial charge in [-0.1, -0.05) is 26.0 Å². The highest BCUT2D eigenvalue weighted by atomic mass is 32.1. The molecule has 0 unspecified atom stereocenters. The monoisotopic (exact) mass is 527 g/mol. The zero-order chi connectivity index (χ0) is 26.6. The first-order chi connectivity index (χ1) is 18.4. The molecule has 2 amide bonds. The molecule has 0 saturated carbocycles. The fraction of sp³-hybridized carbons (Fsp3) is 0.241. The fourth-order valence-corrected chi connectivity index (χ4v) is 5.22. The molecule has 0 fully saturated rings. The van der Waals surface area contributed by atoms with Crippen molar-refractivity contribution in [3.8, 4) is 11.3 Å². The molecule has 1 aromatic carbocycles. The number of aliphatic hydroxyl groups is 1. The van der Waals surface area contributed by atoms with Crippen molar-refractivity contribution in [1.82, 2.24) is 25.0 Å². The number of nitrogens with one attached hydrogen (secondary N) is 2. The number of carbonyl (C=O) groups excluding carboxylic acids is 2. The van der Waals surface area contributed by atoms with E-state index in [-0.39, 0.29) is 24.5 Å². The second kappa shape index (κ2) is 11.1. The lowest BCUT2D eigenvalue weighted by Crippen LogP contribution is -2.39. The van der Waals surface area contributed by atoms with Gasteiger partial charge in [0.1, 0.15) is 11.4 Å². The normalized spacial score (nSPS) is 12.2. The molecule has 3 N–H and O–H groups in total. The van der Waals surface area contributed by atoms with Gasteiger partial charge in [0.2, 0.25) is 0 Å². The Morgan fingerprint density at radius 2 is 1.97 bits per heavy atom. The molecule has 0 aliphatic rings. The Morgan fingerprint density at radius 3 is 2.74 bits per heavy atom. The van der Waals surface area contributed by atoms with Crippen LogP contribution in [0.2, 0.25) is 0 Å². The van der Waals surface area contributed by atoms with Gasteiger partial charge in [-0.05, 0) is 59.7 Å². The summed E-state index contributed by atoms with van der Waals surface area (Å²) in [6.07, 6.45) is 4.13. The molecule has 5 rings (SSSR count). The zero-order valence-corrected chi connectivity index (χ0v) is 22.0. The molecule has 38 heavy (non-hydrogen) atoms. The molecule has 0 saturated heterocycles. The molecule has 0 spiro atoms. The van der Waals surface area contributed by atoms with E-state index in [2.05, 4.69) is 15.6 Å². The fourth-order valence-electron chi connectivity index (χ4n) is 4.58. The van der Waals surface area contributed by atoms with Gasteiger partial charge in [0.05, 0.1) is 23.7 Å². The van der Waals surface area contributed by atoms with Crippen molar-refractivity contribution in [3.63, 3.8) is 0 Å². The lowest BCUT2D eigenvalue weighted by atomic mass is 10.0. The molecule has 4 heterocycles. The van der Waals surface area contributed by atoms with Crippen LogP contribution in [0.15, 0.2) is 71.7 Å². The number of hydrogen-bond acceptors (Lipinski definition) is 6. The van der Waals surface area contributed by atoms with Gasteiger partial charge in [0.15, 0.2) is 5.65 Å². The van der Waals surface area contributed by atoms with E-state index in [1.807, 2.05) is 61.0 Å². The van der Waals surface area contributed by atoms with Crippen molar-refractivity contribution in [2.24, 2.45) is 5.92 Å². The number of fused-ring (bicyclic) bond motifs is 2. The van der Waals surface area contributed by atoms with E-state index in [1.165, 1.54) is 11.3 Å². The number of aromatic nitrogens is 3. The van der Waals surface area contributed by atoms with Gasteiger partial charge < -0.3 is 15.7 Å². The number of imidazole rings is 1. The molecule has 194 valence electrons. The van der Waals surface area contributed by atoms with E-state index in [1.54, 1.807) is 28.9 Å². The summed E-state index contributed by atoms with van der Waals surface area (Å²) in [7, 11) is 0. The van der Waals surface area contributed by atoms with Gasteiger partial charge in [0.25, 0.3) is 11.8 Å². The Balaban J connectivity index is 1.47. The van der Waals surface area contributed by atoms with Crippen LogP contribution < -0.4 is 10.6 Å². The molecule has 0 bridgehead atoms. The average Bonchev–Trinajstić information content (AvgIpc) is 3.59. The lowest BCUT2D eigenvalue weighted by Gasteiger charge is -2.18. The highest BCUT2D eigenvalue weighted by Crippen LogP contribution is 2.28. The molecule has 1 atom stereocenters. The topological polar surface area (TPSA) is 109 Å². The third kappa shape index (κ3) is 5.29. The summed E-state index contributed by atoms with van der Waals surface area (Å²) >= 11 is 1.50. The molecular weight excluding hydrogens is 498 g/mol. The van der Waals surface area contributed by atoms with Gasteiger partial charge in [-0.25, -0.2) is 4.98 Å². The van der Waals surface area contributed by atoms with E-state index < -0.39 is 0 Å². The third-order valence-corrected chi connectivity index (χ3v) is 7.02. The van der Waals surface area contributed by atoms with Gasteiger partial charge in [-0.3, -0.25) is 19.0 Å². The number of aliphatic hydroxyl groups excluding tert-OH is 1. The summed E-state index contributed by atoms with van der Waals surface area (Å²) in [5.41, 5.74) is 4.23. The van der Waals surface area contributed by atoms with Crippen molar-refractivity contribution in [3.05, 3.63) is 88.5 Å². The highest BCUT2D eigenvalue weighted by molar-refractivity contribution is 7.08. The Kier molecular flexibility index (Phi) is 7.48. The Labute approximate surface area is 224 Å². The van der Waals surface area contributed by atoms with Gasteiger partial charge >= 0.3 is 0 Å². The first-order valence-electron chi connectivity index (χ1n) is 12.5. The van der Waals surface area contributed by atoms with Crippen LogP contribution in [0.5, 0.6) is 0 Å². The quantitative estimate of drug-likeness (QED) is 0.258. The van der Waals surface area contributed by atoms with Gasteiger partial charge in [-0.15, -0.1) is 0 Å². The number of benzene rings is 1. The standard InChI is InChI=1S/C29H29N5O3S/c1-18(2)13-22(16-35)32-29(37)26-25(21-9-12-38-17-21)33-27-23(6-4-11-34(26)27)28(36)31-15-19-7-8-24-20(14-19)5-3-10-30-24/h3-12,14,17-18,22,35H,13,15-16H2,1-2H3,(H,31,36)(H,32,37)/t22-/m0/s1. The van der Waals surface area contributed by atoms with Crippen LogP contribution >= 0.6 is 11.3 Å². The van der Waals surface area contributed by atoms with Crippen molar-refractivity contribution in [1.29, 1.82) is 0 Å². The number of amides is 2. The van der Waals surface area contributed by atoms with Crippen molar-refractivity contribution >= 4 is 39.7 Å². The summed E-state index contributed by atoms with van der Waals surface area (Å²) in [6, 6.07) is 14.7. The molecule has 0 radical (unpaired) electrons. The van der Waals surface area contributed by atoms with Crippen LogP contribution in [0.3, 0.4) is 0 Å². The van der Waals surface area contributed by atoms with Crippen LogP contribution in [0, 0.1) is 5.92 Å². The van der Waals surface area contributed by atoms with Crippen molar-refractivity contribution in [2.75, 3.05) is 6.61 Å². The van der Waals surface area contributed by atoms with Crippen LogP contribution in [-0.2, 0) is 6.54 Å². The third-order valence-electron chi connectivity index (χ3n) is 6.34. The molecular formula is C29H29N5O3S. The second-order valence-corrected chi connectivity index (χ2v) is 10.4. The minimum Gasteiger partial charge on any atom is -0.394 e. The largest absolute Gasteiger partial charge is 0.394 e. The van der Waals surface area contributed by atoms with Crippen LogP contribution in [0.25, 0.3) is 27.8 Å². The number of thiophene rings is 1. The maximum Gasteiger partial charge on any atom is 0.270 e. The summed E-state index contributed by atoms with van der Waals surface area (Å²) in [5, 5.41) is 20.6. The van der Waals surface area contributed by atoms with E-state index in [9.17, 15) is 14.7 Å². The molecule has 0 aliphatic carbocycles. The van der Waals surface area contributed by atoms with E-state index >= 15 is 0 Å². The second-order valence-electron chi connectivity index (χ2n) is 9.63. The molecule has 4 aromatic heterocycles. The van der Waals surface area contributed by atoms with Gasteiger partial charge in [-0.2, -0.15) is 11.3 Å². The predicted octanol–water partition coefficient (Wildman–Crippen LogP) is 4.68. The number of hydrogen-bond donors (Lipinski definition) is 3. The molecule has 5 aromatic rings. The Bertz CT molecular complexity index is 1590. The summed E-state index contributed by atoms with van der Waals surface area (Å²) in [4.78, 5) is 35.9. The van der Waals surface area contributed by atoms with E-state index in [4.69, 9.17) is 4.98 Å². The average molecular weight is 528 g/mol. The number of carbonyl (C=O) groups is 2. The summed E-state index contributed by atoms with van der Waals surface area (Å²) < 4.78 is 1.66. The van der Waals surface area contributed by atoms with Crippen LogP contribution in [0.1, 0.15) is 46.7 Å². The SMILES string of the molecule is CC(C)C[C@@H](CO)NC(=O)c1c(-c2ccsc2)nc2c(C(=O)NCc3ccc4ncccc4c3)cccn12. The van der Waals surface area contributed by atoms with Crippen molar-refractivity contribution in [2.45, 2.75) is 32.9 Å². The number of nitrogens with zero attached hydrogens (tertiary/aromatic N) is 3. The minimum atomic E-state index is -0.382. The lowest BCUT2D eigenvalue weighted by molar-refractivity contribution is 0.0901. The first-order valence-corrected chi connectivity index (χ1v) is 13.5. The predicted molar refractivity (Wildman–Crippen MR) is 149 cm³/mol.